The van der Waals surface area contributed by atoms with Crippen molar-refractivity contribution in [3.05, 3.63) is 30.0 Å². The number of rotatable bonds is 2. The summed E-state index contributed by atoms with van der Waals surface area (Å²) in [4.78, 5) is 14.2. The second-order valence-electron chi connectivity index (χ2n) is 4.04. The van der Waals surface area contributed by atoms with Crippen LogP contribution in [0.2, 0.25) is 0 Å². The van der Waals surface area contributed by atoms with Crippen molar-refractivity contribution in [3.8, 4) is 5.75 Å². The molecule has 3 rings (SSSR count). The highest BCUT2D eigenvalue weighted by atomic mass is 16.5. The van der Waals surface area contributed by atoms with Crippen molar-refractivity contribution in [2.24, 2.45) is 7.05 Å². The molecule has 4 nitrogen and oxygen atoms in total. The molecule has 0 saturated heterocycles. The van der Waals surface area contributed by atoms with Gasteiger partial charge in [0.25, 0.3) is 0 Å². The minimum absolute atomic E-state index is 0.663. The number of carbonyl (C=O) groups is 1. The molecular weight excluding hydrogens is 216 g/mol. The van der Waals surface area contributed by atoms with E-state index in [0.29, 0.717) is 5.69 Å². The fourth-order valence-electron chi connectivity index (χ4n) is 2.20. The van der Waals surface area contributed by atoms with Gasteiger partial charge in [-0.2, -0.15) is 0 Å². The van der Waals surface area contributed by atoms with E-state index in [4.69, 9.17) is 4.74 Å². The molecule has 0 amide bonds. The summed E-state index contributed by atoms with van der Waals surface area (Å²) in [6.07, 6.45) is 0.861. The molecule has 2 heterocycles. The minimum atomic E-state index is 0.663. The summed E-state index contributed by atoms with van der Waals surface area (Å²) in [5.41, 5.74) is 2.66. The molecule has 0 atom stereocenters. The first-order chi connectivity index (χ1) is 8.24. The first-order valence-corrected chi connectivity index (χ1v) is 5.35. The highest BCUT2D eigenvalue weighted by Crippen LogP contribution is 2.30. The Morgan fingerprint density at radius 2 is 2.12 bits per heavy atom. The average molecular weight is 228 g/mol. The normalized spacial score (nSPS) is 11.2. The van der Waals surface area contributed by atoms with Crippen molar-refractivity contribution in [2.75, 3.05) is 7.11 Å². The Hall–Kier alpha value is -2.23. The molecular formula is C13H12N2O2. The number of carbonyl (C=O) groups excluding carboxylic acids is 1. The minimum Gasteiger partial charge on any atom is -0.497 e. The molecule has 2 aromatic heterocycles. The maximum Gasteiger partial charge on any atom is 0.166 e. The molecule has 0 spiro atoms. The molecule has 0 unspecified atom stereocenters. The number of aromatic amines is 1. The van der Waals surface area contributed by atoms with Gasteiger partial charge in [-0.15, -0.1) is 0 Å². The molecule has 4 heteroatoms. The molecule has 0 radical (unpaired) electrons. The van der Waals surface area contributed by atoms with Gasteiger partial charge in [0.15, 0.2) is 6.29 Å². The average Bonchev–Trinajstić information content (AvgIpc) is 2.86. The summed E-state index contributed by atoms with van der Waals surface area (Å²) in [6.45, 7) is 0. The summed E-state index contributed by atoms with van der Waals surface area (Å²) in [5.74, 6) is 0.815. The van der Waals surface area contributed by atoms with E-state index in [1.165, 1.54) is 0 Å². The number of H-pyrrole nitrogens is 1. The topological polar surface area (TPSA) is 47.0 Å². The largest absolute Gasteiger partial charge is 0.497 e. The van der Waals surface area contributed by atoms with Crippen LogP contribution < -0.4 is 4.74 Å². The van der Waals surface area contributed by atoms with E-state index in [-0.39, 0.29) is 0 Å². The lowest BCUT2D eigenvalue weighted by Gasteiger charge is -1.98. The molecule has 17 heavy (non-hydrogen) atoms. The number of ether oxygens (including phenoxy) is 1. The lowest BCUT2D eigenvalue weighted by Crippen LogP contribution is -1.93. The third-order valence-corrected chi connectivity index (χ3v) is 3.16. The number of hydrogen-bond donors (Lipinski definition) is 1. The van der Waals surface area contributed by atoms with Crippen molar-refractivity contribution < 1.29 is 9.53 Å². The van der Waals surface area contributed by atoms with Crippen molar-refractivity contribution in [3.63, 3.8) is 0 Å². The van der Waals surface area contributed by atoms with Gasteiger partial charge in [-0.25, -0.2) is 0 Å². The predicted octanol–water partition coefficient (Wildman–Crippen LogP) is 2.48. The third-order valence-electron chi connectivity index (χ3n) is 3.16. The zero-order valence-corrected chi connectivity index (χ0v) is 9.65. The van der Waals surface area contributed by atoms with E-state index in [9.17, 15) is 4.79 Å². The van der Waals surface area contributed by atoms with Crippen LogP contribution in [0.15, 0.2) is 24.3 Å². The Labute approximate surface area is 97.8 Å². The summed E-state index contributed by atoms with van der Waals surface area (Å²) in [6, 6.07) is 7.76. The molecule has 0 aliphatic heterocycles. The molecule has 0 saturated carbocycles. The highest BCUT2D eigenvalue weighted by Gasteiger charge is 2.11. The van der Waals surface area contributed by atoms with Crippen LogP contribution in [0.1, 0.15) is 10.5 Å². The number of aldehydes is 1. The quantitative estimate of drug-likeness (QED) is 0.685. The molecule has 0 bridgehead atoms. The second kappa shape index (κ2) is 3.38. The molecule has 0 aliphatic carbocycles. The zero-order valence-electron chi connectivity index (χ0n) is 9.65. The number of nitrogens with zero attached hydrogens (tertiary/aromatic N) is 1. The van der Waals surface area contributed by atoms with Gasteiger partial charge in [-0.3, -0.25) is 4.79 Å². The van der Waals surface area contributed by atoms with Gasteiger partial charge < -0.3 is 14.3 Å². The Kier molecular flexibility index (Phi) is 1.98. The lowest BCUT2D eigenvalue weighted by molar-refractivity contribution is 0.111. The van der Waals surface area contributed by atoms with Crippen LogP contribution >= 0.6 is 0 Å². The fourth-order valence-corrected chi connectivity index (χ4v) is 2.20. The van der Waals surface area contributed by atoms with Crippen LogP contribution in [-0.4, -0.2) is 22.9 Å². The molecule has 3 aromatic rings. The monoisotopic (exact) mass is 228 g/mol. The SMILES string of the molecule is COc1ccc2[nH]c3c(cc(C=O)n3C)c2c1. The van der Waals surface area contributed by atoms with Gasteiger partial charge >= 0.3 is 0 Å². The number of aromatic nitrogens is 2. The van der Waals surface area contributed by atoms with Crippen LogP contribution in [0.5, 0.6) is 5.75 Å². The fraction of sp³-hybridized carbons (Fsp3) is 0.154. The van der Waals surface area contributed by atoms with E-state index < -0.39 is 0 Å². The zero-order chi connectivity index (χ0) is 12.0. The summed E-state index contributed by atoms with van der Waals surface area (Å²) in [7, 11) is 3.52. The Morgan fingerprint density at radius 1 is 1.29 bits per heavy atom. The van der Waals surface area contributed by atoms with Gasteiger partial charge in [0.2, 0.25) is 0 Å². The first-order valence-electron chi connectivity index (χ1n) is 5.35. The van der Waals surface area contributed by atoms with E-state index in [2.05, 4.69) is 4.98 Å². The maximum atomic E-state index is 10.9. The number of hydrogen-bond acceptors (Lipinski definition) is 2. The Bertz CT molecular complexity index is 722. The Balaban J connectivity index is 2.43. The lowest BCUT2D eigenvalue weighted by atomic mass is 10.2. The molecule has 1 aromatic carbocycles. The Morgan fingerprint density at radius 3 is 2.82 bits per heavy atom. The standard InChI is InChI=1S/C13H12N2O2/c1-15-8(7-16)5-11-10-6-9(17-2)3-4-12(10)14-13(11)15/h3-7,14H,1-2H3. The molecule has 0 fully saturated rings. The van der Waals surface area contributed by atoms with E-state index >= 15 is 0 Å². The van der Waals surface area contributed by atoms with E-state index in [1.54, 1.807) is 7.11 Å². The van der Waals surface area contributed by atoms with Crippen molar-refractivity contribution >= 4 is 28.2 Å². The summed E-state index contributed by atoms with van der Waals surface area (Å²) >= 11 is 0. The third kappa shape index (κ3) is 1.27. The highest BCUT2D eigenvalue weighted by molar-refractivity contribution is 6.08. The van der Waals surface area contributed by atoms with E-state index in [1.807, 2.05) is 35.9 Å². The van der Waals surface area contributed by atoms with Crippen molar-refractivity contribution in [2.45, 2.75) is 0 Å². The van der Waals surface area contributed by atoms with Gasteiger partial charge in [-0.1, -0.05) is 0 Å². The molecule has 0 aliphatic rings. The maximum absolute atomic E-state index is 10.9. The molecule has 86 valence electrons. The van der Waals surface area contributed by atoms with Crippen LogP contribution in [-0.2, 0) is 7.05 Å². The van der Waals surface area contributed by atoms with Crippen molar-refractivity contribution in [1.29, 1.82) is 0 Å². The van der Waals surface area contributed by atoms with Crippen LogP contribution in [0, 0.1) is 0 Å². The van der Waals surface area contributed by atoms with Gasteiger partial charge in [0.05, 0.1) is 12.8 Å². The second-order valence-corrected chi connectivity index (χ2v) is 4.04. The van der Waals surface area contributed by atoms with Crippen LogP contribution in [0.25, 0.3) is 21.9 Å². The van der Waals surface area contributed by atoms with Gasteiger partial charge in [0.1, 0.15) is 11.4 Å². The van der Waals surface area contributed by atoms with Crippen LogP contribution in [0.3, 0.4) is 0 Å². The van der Waals surface area contributed by atoms with E-state index in [0.717, 1.165) is 34.0 Å². The number of benzene rings is 1. The summed E-state index contributed by atoms with van der Waals surface area (Å²) < 4.78 is 7.07. The van der Waals surface area contributed by atoms with Gasteiger partial charge in [-0.05, 0) is 24.3 Å². The first kappa shape index (κ1) is 9.96. The van der Waals surface area contributed by atoms with Crippen LogP contribution in [0.4, 0.5) is 0 Å². The smallest absolute Gasteiger partial charge is 0.166 e. The number of nitrogens with one attached hydrogen (secondary N) is 1. The van der Waals surface area contributed by atoms with Gasteiger partial charge in [0, 0.05) is 23.3 Å². The van der Waals surface area contributed by atoms with Crippen molar-refractivity contribution in [1.82, 2.24) is 9.55 Å². The molecule has 1 N–H and O–H groups in total. The summed E-state index contributed by atoms with van der Waals surface area (Å²) in [5, 5.41) is 2.12. The number of aryl methyl sites for hydroxylation is 1. The number of methoxy groups -OCH3 is 1. The number of fused-ring (bicyclic) bond motifs is 3. The predicted molar refractivity (Wildman–Crippen MR) is 66.7 cm³/mol.